The Labute approximate surface area is 103 Å². The Morgan fingerprint density at radius 2 is 2.19 bits per heavy atom. The van der Waals surface area contributed by atoms with Crippen LogP contribution in [-0.4, -0.2) is 25.3 Å². The van der Waals surface area contributed by atoms with Gasteiger partial charge in [0, 0.05) is 11.5 Å². The summed E-state index contributed by atoms with van der Waals surface area (Å²) < 4.78 is 1.76. The molecule has 0 aromatic carbocycles. The highest BCUT2D eigenvalue weighted by Crippen LogP contribution is 2.07. The van der Waals surface area contributed by atoms with Gasteiger partial charge >= 0.3 is 0 Å². The summed E-state index contributed by atoms with van der Waals surface area (Å²) in [7, 11) is 0. The van der Waals surface area contributed by atoms with Crippen molar-refractivity contribution in [3.63, 3.8) is 0 Å². The fourth-order valence-electron chi connectivity index (χ4n) is 1.40. The van der Waals surface area contributed by atoms with Crippen molar-refractivity contribution in [2.45, 2.75) is 19.8 Å². The molecule has 0 atom stereocenters. The molecule has 5 heteroatoms. The Morgan fingerprint density at radius 3 is 2.88 bits per heavy atom. The van der Waals surface area contributed by atoms with Crippen molar-refractivity contribution >= 4 is 15.9 Å². The van der Waals surface area contributed by atoms with Gasteiger partial charge in [0.25, 0.3) is 0 Å². The molecule has 0 N–H and O–H groups in total. The van der Waals surface area contributed by atoms with Crippen LogP contribution in [0.5, 0.6) is 0 Å². The van der Waals surface area contributed by atoms with E-state index in [1.165, 1.54) is 5.56 Å². The van der Waals surface area contributed by atoms with E-state index in [4.69, 9.17) is 0 Å². The van der Waals surface area contributed by atoms with Crippen LogP contribution in [0.15, 0.2) is 24.5 Å². The number of aryl methyl sites for hydroxylation is 2. The molecule has 2 aromatic rings. The molecule has 84 valence electrons. The molecular formula is C11H13BrN4. The first-order valence-electron chi connectivity index (χ1n) is 5.20. The van der Waals surface area contributed by atoms with E-state index in [9.17, 15) is 0 Å². The Balaban J connectivity index is 2.15. The quantitative estimate of drug-likeness (QED) is 0.808. The molecule has 0 aliphatic heterocycles. The average Bonchev–Trinajstić information content (AvgIpc) is 2.76. The molecule has 0 radical (unpaired) electrons. The predicted octanol–water partition coefficient (Wildman–Crippen LogP) is 2.30. The summed E-state index contributed by atoms with van der Waals surface area (Å²) in [5.74, 6) is 0.760. The SMILES string of the molecule is Cc1ccc(-n2cc(CCCBr)cn2)nn1. The molecule has 0 amide bonds. The fraction of sp³-hybridized carbons (Fsp3) is 0.364. The third-order valence-electron chi connectivity index (χ3n) is 2.25. The van der Waals surface area contributed by atoms with Gasteiger partial charge in [-0.15, -0.1) is 5.10 Å². The Bertz CT molecular complexity index is 449. The molecule has 0 fully saturated rings. The number of alkyl halides is 1. The van der Waals surface area contributed by atoms with Crippen LogP contribution in [-0.2, 0) is 6.42 Å². The van der Waals surface area contributed by atoms with Crippen molar-refractivity contribution in [1.82, 2.24) is 20.0 Å². The molecule has 0 bridgehead atoms. The third-order valence-corrected chi connectivity index (χ3v) is 2.81. The number of nitrogens with zero attached hydrogens (tertiary/aromatic N) is 4. The van der Waals surface area contributed by atoms with Crippen LogP contribution in [0.2, 0.25) is 0 Å². The van der Waals surface area contributed by atoms with Crippen LogP contribution >= 0.6 is 15.9 Å². The summed E-state index contributed by atoms with van der Waals surface area (Å²) in [6, 6.07) is 3.85. The van der Waals surface area contributed by atoms with Crippen LogP contribution in [0, 0.1) is 6.92 Å². The van der Waals surface area contributed by atoms with Gasteiger partial charge in [-0.05, 0) is 37.5 Å². The van der Waals surface area contributed by atoms with Gasteiger partial charge in [0.2, 0.25) is 0 Å². The van der Waals surface area contributed by atoms with Gasteiger partial charge in [-0.2, -0.15) is 10.2 Å². The maximum atomic E-state index is 4.27. The van der Waals surface area contributed by atoms with Crippen molar-refractivity contribution in [2.24, 2.45) is 0 Å². The van der Waals surface area contributed by atoms with Gasteiger partial charge in [-0.1, -0.05) is 15.9 Å². The Morgan fingerprint density at radius 1 is 1.31 bits per heavy atom. The van der Waals surface area contributed by atoms with Crippen molar-refractivity contribution in [3.8, 4) is 5.82 Å². The van der Waals surface area contributed by atoms with Crippen LogP contribution in [0.25, 0.3) is 5.82 Å². The molecule has 0 unspecified atom stereocenters. The zero-order valence-corrected chi connectivity index (χ0v) is 10.7. The number of hydrogen-bond donors (Lipinski definition) is 0. The largest absolute Gasteiger partial charge is 0.221 e. The lowest BCUT2D eigenvalue weighted by Crippen LogP contribution is -1.99. The fourth-order valence-corrected chi connectivity index (χ4v) is 1.68. The lowest BCUT2D eigenvalue weighted by molar-refractivity contribution is 0.805. The van der Waals surface area contributed by atoms with Crippen LogP contribution < -0.4 is 0 Å². The standard InChI is InChI=1S/C11H13BrN4/c1-9-4-5-11(15-14-9)16-8-10(7-13-16)3-2-6-12/h4-5,7-8H,2-3,6H2,1H3. The minimum atomic E-state index is 0.760. The second kappa shape index (κ2) is 5.21. The zero-order chi connectivity index (χ0) is 11.4. The molecule has 0 saturated heterocycles. The second-order valence-corrected chi connectivity index (χ2v) is 4.41. The van der Waals surface area contributed by atoms with E-state index in [2.05, 4.69) is 31.2 Å². The molecule has 16 heavy (non-hydrogen) atoms. The molecule has 0 aliphatic carbocycles. The minimum Gasteiger partial charge on any atom is -0.221 e. The maximum Gasteiger partial charge on any atom is 0.175 e. The molecule has 2 rings (SSSR count). The number of aromatic nitrogens is 4. The van der Waals surface area contributed by atoms with E-state index < -0.39 is 0 Å². The first-order valence-corrected chi connectivity index (χ1v) is 6.32. The maximum absolute atomic E-state index is 4.27. The number of halogens is 1. The number of rotatable bonds is 4. The summed E-state index contributed by atoms with van der Waals surface area (Å²) in [6.45, 7) is 1.92. The predicted molar refractivity (Wildman–Crippen MR) is 66.0 cm³/mol. The van der Waals surface area contributed by atoms with Crippen molar-refractivity contribution < 1.29 is 0 Å². The topological polar surface area (TPSA) is 43.6 Å². The molecule has 0 aliphatic rings. The van der Waals surface area contributed by atoms with E-state index in [1.54, 1.807) is 4.68 Å². The monoisotopic (exact) mass is 280 g/mol. The van der Waals surface area contributed by atoms with E-state index in [-0.39, 0.29) is 0 Å². The highest BCUT2D eigenvalue weighted by Gasteiger charge is 2.02. The smallest absolute Gasteiger partial charge is 0.175 e. The first-order chi connectivity index (χ1) is 7.79. The van der Waals surface area contributed by atoms with Gasteiger partial charge in [-0.3, -0.25) is 0 Å². The second-order valence-electron chi connectivity index (χ2n) is 3.62. The lowest BCUT2D eigenvalue weighted by Gasteiger charge is -1.98. The summed E-state index contributed by atoms with van der Waals surface area (Å²) >= 11 is 3.42. The first kappa shape index (κ1) is 11.3. The highest BCUT2D eigenvalue weighted by molar-refractivity contribution is 9.09. The van der Waals surface area contributed by atoms with Gasteiger partial charge in [0.15, 0.2) is 5.82 Å². The van der Waals surface area contributed by atoms with E-state index in [1.807, 2.05) is 31.5 Å². The van der Waals surface area contributed by atoms with Gasteiger partial charge in [0.1, 0.15) is 0 Å². The summed E-state index contributed by atoms with van der Waals surface area (Å²) in [5, 5.41) is 13.4. The Hall–Kier alpha value is -1.23. The van der Waals surface area contributed by atoms with Gasteiger partial charge < -0.3 is 0 Å². The average molecular weight is 281 g/mol. The third kappa shape index (κ3) is 2.66. The van der Waals surface area contributed by atoms with E-state index >= 15 is 0 Å². The highest BCUT2D eigenvalue weighted by atomic mass is 79.9. The number of hydrogen-bond acceptors (Lipinski definition) is 3. The van der Waals surface area contributed by atoms with Crippen molar-refractivity contribution in [3.05, 3.63) is 35.8 Å². The molecule has 0 spiro atoms. The van der Waals surface area contributed by atoms with Crippen molar-refractivity contribution in [1.29, 1.82) is 0 Å². The molecule has 4 nitrogen and oxygen atoms in total. The zero-order valence-electron chi connectivity index (χ0n) is 9.10. The van der Waals surface area contributed by atoms with Gasteiger partial charge in [0.05, 0.1) is 11.9 Å². The van der Waals surface area contributed by atoms with Crippen LogP contribution in [0.1, 0.15) is 17.7 Å². The minimum absolute atomic E-state index is 0.760. The van der Waals surface area contributed by atoms with Gasteiger partial charge in [-0.25, -0.2) is 4.68 Å². The van der Waals surface area contributed by atoms with Crippen molar-refractivity contribution in [2.75, 3.05) is 5.33 Å². The molecular weight excluding hydrogens is 268 g/mol. The van der Waals surface area contributed by atoms with Crippen LogP contribution in [0.4, 0.5) is 0 Å². The van der Waals surface area contributed by atoms with E-state index in [0.717, 1.165) is 29.7 Å². The molecule has 0 saturated carbocycles. The van der Waals surface area contributed by atoms with E-state index in [0.29, 0.717) is 0 Å². The summed E-state index contributed by atoms with van der Waals surface area (Å²) in [5.41, 5.74) is 2.14. The lowest BCUT2D eigenvalue weighted by atomic mass is 10.2. The summed E-state index contributed by atoms with van der Waals surface area (Å²) in [6.07, 6.45) is 6.03. The normalized spacial score (nSPS) is 10.6. The Kier molecular flexibility index (Phi) is 3.66. The van der Waals surface area contributed by atoms with Crippen LogP contribution in [0.3, 0.4) is 0 Å². The molecule has 2 heterocycles. The molecule has 2 aromatic heterocycles. The summed E-state index contributed by atoms with van der Waals surface area (Å²) in [4.78, 5) is 0.